The van der Waals surface area contributed by atoms with Crippen molar-refractivity contribution in [3.05, 3.63) is 230 Å². The molecule has 6 heteroatoms. The van der Waals surface area contributed by atoms with E-state index < -0.39 is 12.1 Å². The van der Waals surface area contributed by atoms with E-state index in [9.17, 15) is 2.74 Å². The normalized spacial score (nSPS) is 13.3. The molecule has 0 unspecified atom stereocenters. The first-order chi connectivity index (χ1) is 38.1. The topological polar surface area (TPSA) is 69.9 Å². The Bertz CT molecular complexity index is 5100. The van der Waals surface area contributed by atoms with Crippen LogP contribution in [-0.2, 0) is 0 Å². The highest BCUT2D eigenvalue weighted by atomic mass is 16.3. The van der Waals surface area contributed by atoms with Crippen LogP contribution >= 0.6 is 0 Å². The molecule has 0 saturated carbocycles. The molecule has 0 N–H and O–H groups in total. The summed E-state index contributed by atoms with van der Waals surface area (Å²) in [5.41, 5.74) is 9.34. The van der Waals surface area contributed by atoms with Gasteiger partial charge in [-0.1, -0.05) is 182 Å². The summed E-state index contributed by atoms with van der Waals surface area (Å²) >= 11 is 0. The zero-order chi connectivity index (χ0) is 52.7. The van der Waals surface area contributed by atoms with E-state index in [1.807, 2.05) is 91.0 Å². The number of benzene rings is 11. The van der Waals surface area contributed by atoms with Gasteiger partial charge in [0.2, 0.25) is 0 Å². The highest BCUT2D eigenvalue weighted by Gasteiger charge is 2.23. The highest BCUT2D eigenvalue weighted by Crippen LogP contribution is 2.45. The van der Waals surface area contributed by atoms with Gasteiger partial charge in [0.05, 0.1) is 26.3 Å². The molecular weight excluding hydrogens is 869 g/mol. The fraction of sp³-hybridized carbons (Fsp3) is 0. The molecule has 0 radical (unpaired) electrons. The summed E-state index contributed by atoms with van der Waals surface area (Å²) in [6.07, 6.45) is 0. The van der Waals surface area contributed by atoms with Gasteiger partial charge >= 0.3 is 0 Å². The lowest BCUT2D eigenvalue weighted by atomic mass is 9.95. The van der Waals surface area contributed by atoms with E-state index in [0.717, 1.165) is 87.7 Å². The lowest BCUT2D eigenvalue weighted by molar-refractivity contribution is 0.669. The molecule has 330 valence electrons. The summed E-state index contributed by atoms with van der Waals surface area (Å²) in [5.74, 6) is 1.01. The Labute approximate surface area is 416 Å². The van der Waals surface area contributed by atoms with Crippen LogP contribution in [0, 0.1) is 0 Å². The third-order valence-electron chi connectivity index (χ3n) is 13.8. The maximum absolute atomic E-state index is 9.29. The number of nitrogens with zero attached hydrogens (tertiary/aromatic N) is 4. The summed E-state index contributed by atoms with van der Waals surface area (Å²) in [5, 5.41) is 8.19. The second kappa shape index (κ2) is 15.4. The van der Waals surface area contributed by atoms with E-state index in [4.69, 9.17) is 30.6 Å². The number of para-hydroxylation sites is 6. The number of rotatable bonds is 6. The van der Waals surface area contributed by atoms with Crippen molar-refractivity contribution in [1.82, 2.24) is 19.5 Å². The summed E-state index contributed by atoms with van der Waals surface area (Å²) in [6.45, 7) is 0. The molecule has 15 rings (SSSR count). The van der Waals surface area contributed by atoms with Crippen LogP contribution in [0.4, 0.5) is 0 Å². The van der Waals surface area contributed by atoms with E-state index in [1.165, 1.54) is 6.07 Å². The second-order valence-electron chi connectivity index (χ2n) is 17.7. The molecule has 0 aliphatic rings. The van der Waals surface area contributed by atoms with E-state index >= 15 is 0 Å². The number of aromatic nitrogens is 4. The average Bonchev–Trinajstić information content (AvgIpc) is 4.39. The van der Waals surface area contributed by atoms with Crippen LogP contribution in [0.3, 0.4) is 0 Å². The van der Waals surface area contributed by atoms with Gasteiger partial charge in [-0.3, -0.25) is 0 Å². The summed E-state index contributed by atoms with van der Waals surface area (Å²) in [6, 6.07) is 59.4. The highest BCUT2D eigenvalue weighted by molar-refractivity contribution is 6.19. The van der Waals surface area contributed by atoms with Crippen molar-refractivity contribution < 1.29 is 18.4 Å². The van der Waals surface area contributed by atoms with Gasteiger partial charge in [-0.25, -0.2) is 15.0 Å². The monoisotopic (exact) mass is 913 g/mol. The van der Waals surface area contributed by atoms with Crippen LogP contribution in [0.25, 0.3) is 149 Å². The molecule has 0 saturated heterocycles. The van der Waals surface area contributed by atoms with Crippen LogP contribution in [0.1, 0.15) is 9.60 Å². The Hall–Kier alpha value is -9.65. The molecule has 6 nitrogen and oxygen atoms in total. The Morgan fingerprint density at radius 1 is 0.352 bits per heavy atom. The van der Waals surface area contributed by atoms with Crippen molar-refractivity contribution >= 4 is 87.2 Å². The molecular formula is C65H38N4O2. The molecule has 15 aromatic rings. The summed E-state index contributed by atoms with van der Waals surface area (Å²) in [4.78, 5) is 15.9. The third-order valence-corrected chi connectivity index (χ3v) is 13.8. The standard InChI is InChI=1S/C65H38N4O2/c1-2-20-42-40(17-1)38-54(45-22-4-3-21-44(42)45)65-67-63(66-64(68-65)52-26-7-11-34-57(52)69-55-32-9-5-23-46(55)47-24-6-10-33-56(47)69)41-19-13-18-39(37-41)43-27-14-31-53-60-49(28-16-36-59(60)71-61(43)53)51-30-15-29-50-48-25-8-12-35-58(48)70-62(50)51/h1-38H/i5D,6D,9D,23D,24D,32D,33D. The van der Waals surface area contributed by atoms with Crippen molar-refractivity contribution in [3.63, 3.8) is 0 Å². The smallest absolute Gasteiger partial charge is 0.166 e. The number of hydrogen-bond acceptors (Lipinski definition) is 5. The molecule has 71 heavy (non-hydrogen) atoms. The van der Waals surface area contributed by atoms with E-state index in [0.29, 0.717) is 34.0 Å². The van der Waals surface area contributed by atoms with Gasteiger partial charge in [-0.15, -0.1) is 0 Å². The van der Waals surface area contributed by atoms with Gasteiger partial charge < -0.3 is 13.4 Å². The Kier molecular flexibility index (Phi) is 7.16. The number of hydrogen-bond donors (Lipinski definition) is 0. The van der Waals surface area contributed by atoms with Crippen molar-refractivity contribution in [2.24, 2.45) is 0 Å². The minimum absolute atomic E-state index is 0.0501. The quantitative estimate of drug-likeness (QED) is 0.155. The zero-order valence-electron chi connectivity index (χ0n) is 44.5. The number of furan rings is 2. The Morgan fingerprint density at radius 2 is 0.944 bits per heavy atom. The van der Waals surface area contributed by atoms with Crippen LogP contribution in [0.15, 0.2) is 239 Å². The predicted octanol–water partition coefficient (Wildman–Crippen LogP) is 17.4. The Morgan fingerprint density at radius 3 is 1.86 bits per heavy atom. The molecule has 0 bridgehead atoms. The molecule has 0 aliphatic heterocycles. The molecule has 0 aliphatic carbocycles. The fourth-order valence-corrected chi connectivity index (χ4v) is 10.6. The minimum atomic E-state index is -0.476. The van der Waals surface area contributed by atoms with E-state index in [2.05, 4.69) is 78.9 Å². The first-order valence-corrected chi connectivity index (χ1v) is 23.3. The molecule has 0 atom stereocenters. The second-order valence-corrected chi connectivity index (χ2v) is 17.7. The fourth-order valence-electron chi connectivity index (χ4n) is 10.6. The van der Waals surface area contributed by atoms with Crippen LogP contribution in [0.2, 0.25) is 0 Å². The molecule has 4 aromatic heterocycles. The largest absolute Gasteiger partial charge is 0.455 e. The van der Waals surface area contributed by atoms with Gasteiger partial charge in [0.25, 0.3) is 0 Å². The van der Waals surface area contributed by atoms with E-state index in [1.54, 1.807) is 16.7 Å². The maximum atomic E-state index is 9.29. The molecule has 0 fully saturated rings. The van der Waals surface area contributed by atoms with Crippen molar-refractivity contribution in [1.29, 1.82) is 0 Å². The van der Waals surface area contributed by atoms with Gasteiger partial charge in [0.15, 0.2) is 17.5 Å². The molecule has 0 amide bonds. The predicted molar refractivity (Wildman–Crippen MR) is 291 cm³/mol. The molecule has 0 spiro atoms. The van der Waals surface area contributed by atoms with Gasteiger partial charge in [0, 0.05) is 60.1 Å². The summed E-state index contributed by atoms with van der Waals surface area (Å²) in [7, 11) is 0. The van der Waals surface area contributed by atoms with Crippen molar-refractivity contribution in [2.75, 3.05) is 0 Å². The Balaban J connectivity index is 0.958. The lowest BCUT2D eigenvalue weighted by Crippen LogP contribution is -2.04. The van der Waals surface area contributed by atoms with Crippen LogP contribution in [0.5, 0.6) is 0 Å². The first-order valence-electron chi connectivity index (χ1n) is 26.8. The minimum Gasteiger partial charge on any atom is -0.455 e. The third kappa shape index (κ3) is 6.05. The van der Waals surface area contributed by atoms with Gasteiger partial charge in [-0.2, -0.15) is 0 Å². The maximum Gasteiger partial charge on any atom is 0.166 e. The molecule has 11 aromatic carbocycles. The average molecular weight is 914 g/mol. The van der Waals surface area contributed by atoms with Crippen LogP contribution in [-0.4, -0.2) is 19.5 Å². The van der Waals surface area contributed by atoms with E-state index in [-0.39, 0.29) is 57.8 Å². The van der Waals surface area contributed by atoms with Crippen molar-refractivity contribution in [2.45, 2.75) is 0 Å². The van der Waals surface area contributed by atoms with Crippen molar-refractivity contribution in [3.8, 4) is 62.1 Å². The van der Waals surface area contributed by atoms with Gasteiger partial charge in [0.1, 0.15) is 22.3 Å². The summed E-state index contributed by atoms with van der Waals surface area (Å²) < 4.78 is 77.8. The lowest BCUT2D eigenvalue weighted by Gasteiger charge is -2.15. The number of fused-ring (bicyclic) bond motifs is 12. The van der Waals surface area contributed by atoms with Crippen LogP contribution < -0.4 is 0 Å². The molecule has 4 heterocycles. The van der Waals surface area contributed by atoms with Gasteiger partial charge in [-0.05, 0) is 81.2 Å². The zero-order valence-corrected chi connectivity index (χ0v) is 37.5. The first kappa shape index (κ1) is 32.9. The SMILES string of the molecule is [2H]c1cc([2H])c2c(c1[2H])c1c([2H])c([2H])c([2H])c([2H])c1n2-c1ccccc1-c1nc(-c2cccc(-c3cccc4c3oc3cccc(-c5cccc6c5oc5ccccc56)c34)c2)nc(-c2cc3ccccc3c3ccccc23)n1.